The summed E-state index contributed by atoms with van der Waals surface area (Å²) >= 11 is 0. The van der Waals surface area contributed by atoms with E-state index in [9.17, 15) is 5.11 Å². The highest BCUT2D eigenvalue weighted by Crippen LogP contribution is 2.55. The summed E-state index contributed by atoms with van der Waals surface area (Å²) in [6.45, 7) is 8.18. The van der Waals surface area contributed by atoms with E-state index in [1.54, 1.807) is 0 Å². The quantitative estimate of drug-likeness (QED) is 0.308. The van der Waals surface area contributed by atoms with Gasteiger partial charge in [-0.15, -0.1) is 0 Å². The maximum atomic E-state index is 11.0. The molecule has 0 spiro atoms. The number of rotatable bonds is 4. The van der Waals surface area contributed by atoms with Crippen LogP contribution in [0.1, 0.15) is 44.7 Å². The maximum Gasteiger partial charge on any atom is 0.0860 e. The van der Waals surface area contributed by atoms with Crippen LogP contribution in [0.15, 0.2) is 97.1 Å². The highest BCUT2D eigenvalue weighted by molar-refractivity contribution is 6.02. The molecule has 0 aliphatic carbocycles. The third-order valence-corrected chi connectivity index (χ3v) is 6.33. The zero-order chi connectivity index (χ0) is 23.2. The highest BCUT2D eigenvalue weighted by atomic mass is 16.3. The molecule has 1 N–H and O–H groups in total. The minimum Gasteiger partial charge on any atom is -0.386 e. The van der Waals surface area contributed by atoms with Gasteiger partial charge >= 0.3 is 0 Å². The molecule has 1 aliphatic heterocycles. The van der Waals surface area contributed by atoms with Crippen molar-refractivity contribution in [2.24, 2.45) is 0 Å². The molecule has 0 aromatic heterocycles. The molecular weight excluding hydrogens is 404 g/mol. The van der Waals surface area contributed by atoms with Crippen molar-refractivity contribution in [3.63, 3.8) is 0 Å². The number of para-hydroxylation sites is 6. The Kier molecular flexibility index (Phi) is 5.22. The number of benzene rings is 4. The van der Waals surface area contributed by atoms with Crippen LogP contribution in [0, 0.1) is 0 Å². The second-order valence-electron chi connectivity index (χ2n) is 9.44. The Labute approximate surface area is 196 Å². The van der Waals surface area contributed by atoms with E-state index >= 15 is 0 Å². The van der Waals surface area contributed by atoms with E-state index in [1.807, 2.05) is 32.0 Å². The van der Waals surface area contributed by atoms with Crippen LogP contribution in [0.2, 0.25) is 0 Å². The summed E-state index contributed by atoms with van der Waals surface area (Å²) < 4.78 is 0. The zero-order valence-corrected chi connectivity index (χ0v) is 19.7. The molecule has 5 rings (SSSR count). The number of fused-ring (bicyclic) bond motifs is 2. The summed E-state index contributed by atoms with van der Waals surface area (Å²) in [5.41, 5.74) is 7.84. The molecule has 0 unspecified atom stereocenters. The Morgan fingerprint density at radius 2 is 0.909 bits per heavy atom. The molecule has 0 fully saturated rings. The molecule has 0 atom stereocenters. The van der Waals surface area contributed by atoms with Crippen LogP contribution < -0.4 is 9.80 Å². The van der Waals surface area contributed by atoms with Gasteiger partial charge in [0, 0.05) is 11.3 Å². The first-order chi connectivity index (χ1) is 15.9. The molecule has 4 aromatic rings. The Morgan fingerprint density at radius 1 is 0.545 bits per heavy atom. The summed E-state index contributed by atoms with van der Waals surface area (Å²) in [4.78, 5) is 4.66. The summed E-state index contributed by atoms with van der Waals surface area (Å²) in [5.74, 6) is 0.398. The van der Waals surface area contributed by atoms with E-state index in [4.69, 9.17) is 0 Å². The molecule has 1 heterocycles. The lowest BCUT2D eigenvalue weighted by atomic mass is 9.94. The van der Waals surface area contributed by atoms with Crippen LogP contribution in [0.5, 0.6) is 0 Å². The first-order valence-corrected chi connectivity index (χ1v) is 11.6. The standard InChI is InChI=1S/C30H30N2O/c1-21(2)22-13-5-7-15-24(22)31-26-17-9-11-19-28(26)32(29-20-12-10-18-27(29)31)25-16-8-6-14-23(25)30(3,4)33/h5-21,33H,1-4H3. The number of hydrogen-bond donors (Lipinski definition) is 1. The van der Waals surface area contributed by atoms with E-state index in [0.717, 1.165) is 34.0 Å². The number of nitrogens with zero attached hydrogens (tertiary/aromatic N) is 2. The lowest BCUT2D eigenvalue weighted by molar-refractivity contribution is 0.0792. The molecule has 3 nitrogen and oxygen atoms in total. The first-order valence-electron chi connectivity index (χ1n) is 11.6. The van der Waals surface area contributed by atoms with Crippen molar-refractivity contribution in [3.05, 3.63) is 108 Å². The smallest absolute Gasteiger partial charge is 0.0860 e. The molecular formula is C30H30N2O. The van der Waals surface area contributed by atoms with Gasteiger partial charge in [-0.3, -0.25) is 0 Å². The van der Waals surface area contributed by atoms with Gasteiger partial charge in [0.25, 0.3) is 0 Å². The summed E-state index contributed by atoms with van der Waals surface area (Å²) in [7, 11) is 0. The molecule has 0 bridgehead atoms. The third-order valence-electron chi connectivity index (χ3n) is 6.33. The minimum atomic E-state index is -0.970. The van der Waals surface area contributed by atoms with Gasteiger partial charge in [-0.1, -0.05) is 74.5 Å². The second kappa shape index (κ2) is 8.09. The molecule has 0 radical (unpaired) electrons. The summed E-state index contributed by atoms with van der Waals surface area (Å²) in [6.07, 6.45) is 0. The fourth-order valence-corrected chi connectivity index (χ4v) is 4.83. The van der Waals surface area contributed by atoms with E-state index < -0.39 is 5.60 Å². The number of anilines is 6. The average molecular weight is 435 g/mol. The van der Waals surface area contributed by atoms with E-state index in [2.05, 4.69) is 103 Å². The lowest BCUT2D eigenvalue weighted by Gasteiger charge is -2.42. The predicted molar refractivity (Wildman–Crippen MR) is 139 cm³/mol. The van der Waals surface area contributed by atoms with E-state index in [-0.39, 0.29) is 0 Å². The second-order valence-corrected chi connectivity index (χ2v) is 9.44. The van der Waals surface area contributed by atoms with Gasteiger partial charge < -0.3 is 14.9 Å². The largest absolute Gasteiger partial charge is 0.386 e. The first kappa shape index (κ1) is 21.3. The molecule has 0 amide bonds. The van der Waals surface area contributed by atoms with Crippen LogP contribution in [0.3, 0.4) is 0 Å². The summed E-state index contributed by atoms with van der Waals surface area (Å²) in [5, 5.41) is 11.0. The molecule has 3 heteroatoms. The summed E-state index contributed by atoms with van der Waals surface area (Å²) in [6, 6.07) is 33.9. The van der Waals surface area contributed by atoms with Crippen LogP contribution >= 0.6 is 0 Å². The SMILES string of the molecule is CC(C)c1ccccc1N1c2ccccc2N(c2ccccc2C(C)(C)O)c2ccccc21. The maximum absolute atomic E-state index is 11.0. The molecule has 166 valence electrons. The van der Waals surface area contributed by atoms with Crippen molar-refractivity contribution in [1.82, 2.24) is 0 Å². The van der Waals surface area contributed by atoms with Crippen molar-refractivity contribution in [2.45, 2.75) is 39.2 Å². The van der Waals surface area contributed by atoms with Gasteiger partial charge in [0.1, 0.15) is 0 Å². The monoisotopic (exact) mass is 434 g/mol. The topological polar surface area (TPSA) is 26.7 Å². The zero-order valence-electron chi connectivity index (χ0n) is 19.7. The Morgan fingerprint density at radius 3 is 1.36 bits per heavy atom. The van der Waals surface area contributed by atoms with Crippen LogP contribution in [0.25, 0.3) is 0 Å². The molecule has 1 aliphatic rings. The van der Waals surface area contributed by atoms with Gasteiger partial charge in [0.2, 0.25) is 0 Å². The van der Waals surface area contributed by atoms with E-state index in [1.165, 1.54) is 11.3 Å². The Bertz CT molecular complexity index is 1250. The van der Waals surface area contributed by atoms with Gasteiger partial charge in [0.15, 0.2) is 0 Å². The fraction of sp³-hybridized carbons (Fsp3) is 0.200. The fourth-order valence-electron chi connectivity index (χ4n) is 4.83. The average Bonchev–Trinajstić information content (AvgIpc) is 2.82. The number of hydrogen-bond acceptors (Lipinski definition) is 3. The van der Waals surface area contributed by atoms with Gasteiger partial charge in [-0.25, -0.2) is 0 Å². The molecule has 0 saturated heterocycles. The van der Waals surface area contributed by atoms with Crippen molar-refractivity contribution in [3.8, 4) is 0 Å². The normalized spacial score (nSPS) is 13.2. The van der Waals surface area contributed by atoms with Gasteiger partial charge in [-0.05, 0) is 61.7 Å². The Balaban J connectivity index is 1.82. The van der Waals surface area contributed by atoms with Crippen LogP contribution in [-0.2, 0) is 5.60 Å². The highest BCUT2D eigenvalue weighted by Gasteiger charge is 2.33. The molecule has 33 heavy (non-hydrogen) atoms. The lowest BCUT2D eigenvalue weighted by Crippen LogP contribution is -2.27. The van der Waals surface area contributed by atoms with Crippen LogP contribution in [-0.4, -0.2) is 5.11 Å². The molecule has 4 aromatic carbocycles. The number of aliphatic hydroxyl groups is 1. The van der Waals surface area contributed by atoms with Crippen molar-refractivity contribution < 1.29 is 5.11 Å². The van der Waals surface area contributed by atoms with Crippen molar-refractivity contribution in [2.75, 3.05) is 9.80 Å². The van der Waals surface area contributed by atoms with Gasteiger partial charge in [-0.2, -0.15) is 0 Å². The molecule has 0 saturated carbocycles. The Hall–Kier alpha value is -3.56. The van der Waals surface area contributed by atoms with Gasteiger partial charge in [0.05, 0.1) is 34.0 Å². The predicted octanol–water partition coefficient (Wildman–Crippen LogP) is 8.29. The van der Waals surface area contributed by atoms with E-state index in [0.29, 0.717) is 5.92 Å². The van der Waals surface area contributed by atoms with Crippen LogP contribution in [0.4, 0.5) is 34.1 Å². The minimum absolute atomic E-state index is 0.398. The van der Waals surface area contributed by atoms with Crippen molar-refractivity contribution >= 4 is 34.1 Å². The third kappa shape index (κ3) is 3.59. The van der Waals surface area contributed by atoms with Crippen molar-refractivity contribution in [1.29, 1.82) is 0 Å².